The van der Waals surface area contributed by atoms with Gasteiger partial charge in [0.2, 0.25) is 5.91 Å². The molecule has 1 saturated heterocycles. The molecule has 0 spiro atoms. The van der Waals surface area contributed by atoms with Crippen LogP contribution < -0.4 is 16.0 Å². The van der Waals surface area contributed by atoms with Crippen molar-refractivity contribution in [1.82, 2.24) is 20.9 Å². The predicted molar refractivity (Wildman–Crippen MR) is 86.6 cm³/mol. The minimum absolute atomic E-state index is 0.0773. The van der Waals surface area contributed by atoms with E-state index in [2.05, 4.69) is 20.9 Å². The summed E-state index contributed by atoms with van der Waals surface area (Å²) < 4.78 is 0. The number of amides is 2. The molecule has 0 radical (unpaired) electrons. The zero-order valence-electron chi connectivity index (χ0n) is 13.6. The van der Waals surface area contributed by atoms with Gasteiger partial charge in [-0.2, -0.15) is 0 Å². The van der Waals surface area contributed by atoms with Gasteiger partial charge >= 0.3 is 0 Å². The average Bonchev–Trinajstić information content (AvgIpc) is 2.85. The number of hydrogen-bond acceptors (Lipinski definition) is 4. The number of aromatic nitrogens is 1. The van der Waals surface area contributed by atoms with E-state index in [1.165, 1.54) is 12.8 Å². The third-order valence-electron chi connectivity index (χ3n) is 4.19. The lowest BCUT2D eigenvalue weighted by Gasteiger charge is -2.23. The van der Waals surface area contributed by atoms with E-state index in [0.29, 0.717) is 41.4 Å². The van der Waals surface area contributed by atoms with Gasteiger partial charge in [0.1, 0.15) is 0 Å². The smallest absolute Gasteiger partial charge is 0.253 e. The van der Waals surface area contributed by atoms with Crippen molar-refractivity contribution in [3.8, 4) is 0 Å². The molecule has 1 atom stereocenters. The number of H-pyrrole nitrogens is 1. The zero-order valence-corrected chi connectivity index (χ0v) is 13.6. The summed E-state index contributed by atoms with van der Waals surface area (Å²) in [6.45, 7) is 4.92. The summed E-state index contributed by atoms with van der Waals surface area (Å²) in [5.41, 5.74) is 2.03. The molecule has 1 fully saturated rings. The molecule has 2 heterocycles. The van der Waals surface area contributed by atoms with E-state index < -0.39 is 0 Å². The normalized spacial score (nSPS) is 17.6. The number of hydrogen-bond donors (Lipinski definition) is 4. The van der Waals surface area contributed by atoms with Crippen LogP contribution in [0.4, 0.5) is 0 Å². The standard InChI is InChI=1S/C16H24N4O3/c1-10-13(9-21)20-11(2)15(10)16(23)19-8-14(22)18-7-12-5-3-4-6-17-12/h9,12,17,20H,3-8H2,1-2H3,(H,18,22)(H,19,23). The van der Waals surface area contributed by atoms with E-state index >= 15 is 0 Å². The number of carbonyl (C=O) groups excluding carboxylic acids is 3. The van der Waals surface area contributed by atoms with E-state index in [9.17, 15) is 14.4 Å². The molecule has 2 amide bonds. The minimum Gasteiger partial charge on any atom is -0.356 e. The molecule has 7 nitrogen and oxygen atoms in total. The highest BCUT2D eigenvalue weighted by molar-refractivity contribution is 6.00. The first kappa shape index (κ1) is 17.2. The van der Waals surface area contributed by atoms with Crippen LogP contribution in [-0.4, -0.2) is 48.8 Å². The SMILES string of the molecule is Cc1[nH]c(C=O)c(C)c1C(=O)NCC(=O)NCC1CCCCN1. The molecule has 0 aromatic carbocycles. The number of aromatic amines is 1. The first-order valence-corrected chi connectivity index (χ1v) is 7.95. The van der Waals surface area contributed by atoms with Crippen molar-refractivity contribution < 1.29 is 14.4 Å². The van der Waals surface area contributed by atoms with Crippen LogP contribution in [-0.2, 0) is 4.79 Å². The molecule has 1 aromatic heterocycles. The predicted octanol–water partition coefficient (Wildman–Crippen LogP) is 0.432. The highest BCUT2D eigenvalue weighted by Gasteiger charge is 2.19. The number of rotatable bonds is 6. The number of aldehydes is 1. The van der Waals surface area contributed by atoms with Crippen LogP contribution >= 0.6 is 0 Å². The Morgan fingerprint density at radius 1 is 1.26 bits per heavy atom. The summed E-state index contributed by atoms with van der Waals surface area (Å²) in [5.74, 6) is -0.567. The molecule has 126 valence electrons. The summed E-state index contributed by atoms with van der Waals surface area (Å²) in [6, 6.07) is 0.313. The maximum Gasteiger partial charge on any atom is 0.253 e. The van der Waals surface area contributed by atoms with Gasteiger partial charge in [0.25, 0.3) is 5.91 Å². The second kappa shape index (κ2) is 7.92. The van der Waals surface area contributed by atoms with E-state index in [4.69, 9.17) is 0 Å². The molecular formula is C16H24N4O3. The third-order valence-corrected chi connectivity index (χ3v) is 4.19. The zero-order chi connectivity index (χ0) is 16.8. The van der Waals surface area contributed by atoms with E-state index in [1.54, 1.807) is 13.8 Å². The second-order valence-corrected chi connectivity index (χ2v) is 5.92. The van der Waals surface area contributed by atoms with Crippen LogP contribution in [0.1, 0.15) is 51.4 Å². The monoisotopic (exact) mass is 320 g/mol. The van der Waals surface area contributed by atoms with E-state index in [1.807, 2.05) is 0 Å². The molecule has 1 aliphatic heterocycles. The Morgan fingerprint density at radius 3 is 2.65 bits per heavy atom. The van der Waals surface area contributed by atoms with Gasteiger partial charge in [-0.1, -0.05) is 6.42 Å². The van der Waals surface area contributed by atoms with Gasteiger partial charge in [-0.25, -0.2) is 0 Å². The maximum atomic E-state index is 12.2. The van der Waals surface area contributed by atoms with Crippen LogP contribution in [0.3, 0.4) is 0 Å². The maximum absolute atomic E-state index is 12.2. The van der Waals surface area contributed by atoms with Crippen LogP contribution in [0, 0.1) is 13.8 Å². The first-order valence-electron chi connectivity index (χ1n) is 7.95. The highest BCUT2D eigenvalue weighted by atomic mass is 16.2. The van der Waals surface area contributed by atoms with Crippen LogP contribution in [0.15, 0.2) is 0 Å². The fourth-order valence-corrected chi connectivity index (χ4v) is 2.88. The van der Waals surface area contributed by atoms with Crippen molar-refractivity contribution in [2.45, 2.75) is 39.2 Å². The van der Waals surface area contributed by atoms with E-state index in [-0.39, 0.29) is 18.4 Å². The van der Waals surface area contributed by atoms with Crippen LogP contribution in [0.2, 0.25) is 0 Å². The Balaban J connectivity index is 1.80. The quantitative estimate of drug-likeness (QED) is 0.571. The van der Waals surface area contributed by atoms with Gasteiger partial charge in [-0.3, -0.25) is 14.4 Å². The van der Waals surface area contributed by atoms with Crippen molar-refractivity contribution >= 4 is 18.1 Å². The Labute approximate surface area is 135 Å². The Bertz CT molecular complexity index is 588. The molecule has 7 heteroatoms. The summed E-state index contributed by atoms with van der Waals surface area (Å²) in [5, 5.41) is 8.77. The molecule has 0 aliphatic carbocycles. The van der Waals surface area contributed by atoms with Crippen LogP contribution in [0.5, 0.6) is 0 Å². The minimum atomic E-state index is -0.352. The van der Waals surface area contributed by atoms with Crippen molar-refractivity contribution in [2.24, 2.45) is 0 Å². The fraction of sp³-hybridized carbons (Fsp3) is 0.562. The highest BCUT2D eigenvalue weighted by Crippen LogP contribution is 2.16. The van der Waals surface area contributed by atoms with Crippen molar-refractivity contribution in [1.29, 1.82) is 0 Å². The van der Waals surface area contributed by atoms with Crippen molar-refractivity contribution in [2.75, 3.05) is 19.6 Å². The van der Waals surface area contributed by atoms with Gasteiger partial charge < -0.3 is 20.9 Å². The van der Waals surface area contributed by atoms with Gasteiger partial charge in [0.05, 0.1) is 17.8 Å². The Kier molecular flexibility index (Phi) is 5.92. The van der Waals surface area contributed by atoms with Gasteiger partial charge in [-0.05, 0) is 38.8 Å². The molecule has 4 N–H and O–H groups in total. The Morgan fingerprint density at radius 2 is 2.04 bits per heavy atom. The summed E-state index contributed by atoms with van der Waals surface area (Å²) >= 11 is 0. The molecule has 2 rings (SSSR count). The molecule has 0 saturated carbocycles. The first-order chi connectivity index (χ1) is 11.0. The fourth-order valence-electron chi connectivity index (χ4n) is 2.88. The number of aryl methyl sites for hydroxylation is 1. The van der Waals surface area contributed by atoms with Gasteiger partial charge in [0, 0.05) is 18.3 Å². The summed E-state index contributed by atoms with van der Waals surface area (Å²) in [4.78, 5) is 37.8. The lowest BCUT2D eigenvalue weighted by atomic mass is 10.1. The molecule has 1 unspecified atom stereocenters. The summed E-state index contributed by atoms with van der Waals surface area (Å²) in [7, 11) is 0. The lowest BCUT2D eigenvalue weighted by molar-refractivity contribution is -0.120. The van der Waals surface area contributed by atoms with E-state index in [0.717, 1.165) is 13.0 Å². The van der Waals surface area contributed by atoms with Gasteiger partial charge in [-0.15, -0.1) is 0 Å². The number of carbonyl (C=O) groups is 3. The molecule has 1 aliphatic rings. The Hall–Kier alpha value is -2.15. The summed E-state index contributed by atoms with van der Waals surface area (Å²) in [6.07, 6.45) is 4.10. The second-order valence-electron chi connectivity index (χ2n) is 5.92. The molecule has 1 aromatic rings. The van der Waals surface area contributed by atoms with Crippen LogP contribution in [0.25, 0.3) is 0 Å². The molecular weight excluding hydrogens is 296 g/mol. The van der Waals surface area contributed by atoms with Crippen molar-refractivity contribution in [3.05, 3.63) is 22.5 Å². The number of nitrogens with one attached hydrogen (secondary N) is 4. The average molecular weight is 320 g/mol. The lowest BCUT2D eigenvalue weighted by Crippen LogP contribution is -2.46. The molecule has 0 bridgehead atoms. The molecule has 23 heavy (non-hydrogen) atoms. The number of piperidine rings is 1. The third kappa shape index (κ3) is 4.41. The van der Waals surface area contributed by atoms with Gasteiger partial charge in [0.15, 0.2) is 6.29 Å². The largest absolute Gasteiger partial charge is 0.356 e. The van der Waals surface area contributed by atoms with Crippen molar-refractivity contribution in [3.63, 3.8) is 0 Å². The topological polar surface area (TPSA) is 103 Å².